The molecule has 0 aliphatic carbocycles. The van der Waals surface area contributed by atoms with Crippen LogP contribution in [0.3, 0.4) is 0 Å². The van der Waals surface area contributed by atoms with Crippen LogP contribution in [-0.4, -0.2) is 46.6 Å². The van der Waals surface area contributed by atoms with E-state index in [1.165, 1.54) is 23.0 Å². The van der Waals surface area contributed by atoms with Crippen molar-refractivity contribution in [3.63, 3.8) is 0 Å². The summed E-state index contributed by atoms with van der Waals surface area (Å²) in [6.45, 7) is 7.60. The number of para-hydroxylation sites is 1. The van der Waals surface area contributed by atoms with Crippen molar-refractivity contribution in [3.05, 3.63) is 70.5 Å². The number of fused-ring (bicyclic) bond motifs is 1. The van der Waals surface area contributed by atoms with Crippen molar-refractivity contribution >= 4 is 16.8 Å². The maximum absolute atomic E-state index is 13.5. The molecular formula is C23H27FN4O3. The Kier molecular flexibility index (Phi) is 7.72. The van der Waals surface area contributed by atoms with Crippen LogP contribution in [0.1, 0.15) is 19.4 Å². The number of nitrogens with one attached hydrogen (secondary N) is 1. The molecule has 0 bridgehead atoms. The van der Waals surface area contributed by atoms with E-state index in [4.69, 9.17) is 4.74 Å². The van der Waals surface area contributed by atoms with Crippen molar-refractivity contribution in [2.45, 2.75) is 26.9 Å². The topological polar surface area (TPSA) is 76.5 Å². The zero-order chi connectivity index (χ0) is 22.2. The third kappa shape index (κ3) is 5.88. The molecule has 0 radical (unpaired) electrons. The highest BCUT2D eigenvalue weighted by Gasteiger charge is 2.10. The van der Waals surface area contributed by atoms with Gasteiger partial charge in [0.15, 0.2) is 0 Å². The molecule has 0 fully saturated rings. The predicted molar refractivity (Wildman–Crippen MR) is 118 cm³/mol. The lowest BCUT2D eigenvalue weighted by molar-refractivity contribution is -0.121. The Morgan fingerprint density at radius 1 is 1.19 bits per heavy atom. The monoisotopic (exact) mass is 426 g/mol. The van der Waals surface area contributed by atoms with Gasteiger partial charge in [0.1, 0.15) is 24.7 Å². The molecule has 1 N–H and O–H groups in total. The van der Waals surface area contributed by atoms with E-state index in [0.29, 0.717) is 12.1 Å². The molecule has 0 spiro atoms. The summed E-state index contributed by atoms with van der Waals surface area (Å²) in [5.74, 6) is -0.154. The highest BCUT2D eigenvalue weighted by Crippen LogP contribution is 2.17. The van der Waals surface area contributed by atoms with Crippen molar-refractivity contribution in [1.29, 1.82) is 0 Å². The molecule has 3 rings (SSSR count). The SMILES string of the molecule is CCN(CC)CCOc1ccccc1CNC(=O)Cn1cnc2ccc(F)cc2c1=O. The van der Waals surface area contributed by atoms with Gasteiger partial charge in [-0.1, -0.05) is 32.0 Å². The summed E-state index contributed by atoms with van der Waals surface area (Å²) in [5.41, 5.74) is 0.778. The maximum atomic E-state index is 13.5. The lowest BCUT2D eigenvalue weighted by Gasteiger charge is -2.19. The first-order chi connectivity index (χ1) is 15.0. The van der Waals surface area contributed by atoms with Crippen LogP contribution in [0.4, 0.5) is 4.39 Å². The summed E-state index contributed by atoms with van der Waals surface area (Å²) in [6, 6.07) is 11.3. The molecule has 0 saturated heterocycles. The van der Waals surface area contributed by atoms with Crippen molar-refractivity contribution in [3.8, 4) is 5.75 Å². The molecular weight excluding hydrogens is 399 g/mol. The lowest BCUT2D eigenvalue weighted by Crippen LogP contribution is -2.32. The van der Waals surface area contributed by atoms with E-state index in [1.807, 2.05) is 24.3 Å². The third-order valence-electron chi connectivity index (χ3n) is 5.11. The second-order valence-electron chi connectivity index (χ2n) is 7.10. The average molecular weight is 426 g/mol. The molecule has 1 amide bonds. The van der Waals surface area contributed by atoms with Crippen LogP contribution >= 0.6 is 0 Å². The molecule has 31 heavy (non-hydrogen) atoms. The molecule has 1 aromatic heterocycles. The molecule has 0 unspecified atom stereocenters. The number of likely N-dealkylation sites (N-methyl/N-ethyl adjacent to an activating group) is 1. The first-order valence-electron chi connectivity index (χ1n) is 10.4. The maximum Gasteiger partial charge on any atom is 0.261 e. The van der Waals surface area contributed by atoms with E-state index in [1.54, 1.807) is 0 Å². The number of hydrogen-bond donors (Lipinski definition) is 1. The number of ether oxygens (including phenoxy) is 1. The number of carbonyl (C=O) groups is 1. The molecule has 1 heterocycles. The highest BCUT2D eigenvalue weighted by molar-refractivity contribution is 5.79. The quantitative estimate of drug-likeness (QED) is 0.539. The second kappa shape index (κ2) is 10.7. The number of hydrogen-bond acceptors (Lipinski definition) is 5. The first kappa shape index (κ1) is 22.4. The Balaban J connectivity index is 1.61. The number of aromatic nitrogens is 2. The van der Waals surface area contributed by atoms with Crippen LogP contribution in [0.15, 0.2) is 53.6 Å². The minimum Gasteiger partial charge on any atom is -0.492 e. The molecule has 0 aliphatic rings. The van der Waals surface area contributed by atoms with Gasteiger partial charge in [-0.25, -0.2) is 9.37 Å². The van der Waals surface area contributed by atoms with Crippen LogP contribution in [0.5, 0.6) is 5.75 Å². The first-order valence-corrected chi connectivity index (χ1v) is 10.4. The van der Waals surface area contributed by atoms with Gasteiger partial charge in [0, 0.05) is 18.7 Å². The Hall–Kier alpha value is -3.26. The number of benzene rings is 2. The van der Waals surface area contributed by atoms with Gasteiger partial charge in [-0.3, -0.25) is 14.2 Å². The number of carbonyl (C=O) groups excluding carboxylic acids is 1. The molecule has 3 aromatic rings. The van der Waals surface area contributed by atoms with E-state index in [-0.39, 0.29) is 24.4 Å². The zero-order valence-electron chi connectivity index (χ0n) is 17.8. The van der Waals surface area contributed by atoms with Crippen LogP contribution in [0.2, 0.25) is 0 Å². The van der Waals surface area contributed by atoms with Gasteiger partial charge in [-0.15, -0.1) is 0 Å². The van der Waals surface area contributed by atoms with Gasteiger partial charge in [0.2, 0.25) is 5.91 Å². The van der Waals surface area contributed by atoms with Crippen LogP contribution < -0.4 is 15.6 Å². The smallest absolute Gasteiger partial charge is 0.261 e. The van der Waals surface area contributed by atoms with Gasteiger partial charge in [0.25, 0.3) is 5.56 Å². The van der Waals surface area contributed by atoms with Crippen molar-refractivity contribution in [2.24, 2.45) is 0 Å². The molecule has 8 heteroatoms. The predicted octanol–water partition coefficient (Wildman–Crippen LogP) is 2.57. The highest BCUT2D eigenvalue weighted by atomic mass is 19.1. The Bertz CT molecular complexity index is 1100. The average Bonchev–Trinajstić information content (AvgIpc) is 2.78. The van der Waals surface area contributed by atoms with Gasteiger partial charge in [-0.2, -0.15) is 0 Å². The fraction of sp³-hybridized carbons (Fsp3) is 0.348. The Labute approximate surface area is 180 Å². The number of halogens is 1. The van der Waals surface area contributed by atoms with Crippen molar-refractivity contribution in [2.75, 3.05) is 26.2 Å². The fourth-order valence-electron chi connectivity index (χ4n) is 3.26. The molecule has 7 nitrogen and oxygen atoms in total. The summed E-state index contributed by atoms with van der Waals surface area (Å²) >= 11 is 0. The lowest BCUT2D eigenvalue weighted by atomic mass is 10.2. The summed E-state index contributed by atoms with van der Waals surface area (Å²) in [5, 5.41) is 2.95. The number of nitrogens with zero attached hydrogens (tertiary/aromatic N) is 3. The second-order valence-corrected chi connectivity index (χ2v) is 7.10. The third-order valence-corrected chi connectivity index (χ3v) is 5.11. The van der Waals surface area contributed by atoms with Gasteiger partial charge >= 0.3 is 0 Å². The van der Waals surface area contributed by atoms with E-state index in [2.05, 4.69) is 29.0 Å². The van der Waals surface area contributed by atoms with Crippen molar-refractivity contribution < 1.29 is 13.9 Å². The number of amides is 1. The van der Waals surface area contributed by atoms with Gasteiger partial charge < -0.3 is 15.0 Å². The molecule has 0 aliphatic heterocycles. The minimum absolute atomic E-state index is 0.141. The summed E-state index contributed by atoms with van der Waals surface area (Å²) in [6.07, 6.45) is 1.30. The molecule has 2 aromatic carbocycles. The van der Waals surface area contributed by atoms with E-state index >= 15 is 0 Å². The van der Waals surface area contributed by atoms with E-state index < -0.39 is 11.4 Å². The van der Waals surface area contributed by atoms with Crippen LogP contribution in [0, 0.1) is 5.82 Å². The largest absolute Gasteiger partial charge is 0.492 e. The number of rotatable bonds is 10. The Morgan fingerprint density at radius 3 is 2.74 bits per heavy atom. The summed E-state index contributed by atoms with van der Waals surface area (Å²) in [4.78, 5) is 31.3. The summed E-state index contributed by atoms with van der Waals surface area (Å²) < 4.78 is 20.5. The molecule has 0 atom stereocenters. The minimum atomic E-state index is -0.522. The van der Waals surface area contributed by atoms with Crippen LogP contribution in [-0.2, 0) is 17.9 Å². The summed E-state index contributed by atoms with van der Waals surface area (Å²) in [7, 11) is 0. The van der Waals surface area contributed by atoms with E-state index in [0.717, 1.165) is 37.0 Å². The zero-order valence-corrected chi connectivity index (χ0v) is 17.8. The van der Waals surface area contributed by atoms with Crippen LogP contribution in [0.25, 0.3) is 10.9 Å². The van der Waals surface area contributed by atoms with Gasteiger partial charge in [-0.05, 0) is 37.4 Å². The fourth-order valence-corrected chi connectivity index (χ4v) is 3.26. The normalized spacial score (nSPS) is 11.1. The molecule has 0 saturated carbocycles. The van der Waals surface area contributed by atoms with E-state index in [9.17, 15) is 14.0 Å². The Morgan fingerprint density at radius 2 is 1.97 bits per heavy atom. The van der Waals surface area contributed by atoms with Crippen molar-refractivity contribution in [1.82, 2.24) is 19.8 Å². The molecule has 164 valence electrons. The standard InChI is InChI=1S/C23H27FN4O3/c1-3-27(4-2)11-12-31-21-8-6-5-7-17(21)14-25-22(29)15-28-16-26-20-10-9-18(24)13-19(20)23(28)30/h5-10,13,16H,3-4,11-12,14-15H2,1-2H3,(H,25,29). The van der Waals surface area contributed by atoms with Gasteiger partial charge in [0.05, 0.1) is 17.2 Å².